The number of nitrogens with zero attached hydrogens (tertiary/aromatic N) is 2. The Bertz CT molecular complexity index is 1210. The van der Waals surface area contributed by atoms with Crippen molar-refractivity contribution in [3.8, 4) is 11.5 Å². The molecule has 0 aliphatic carbocycles. The molecule has 1 aromatic carbocycles. The highest BCUT2D eigenvalue weighted by atomic mass is 32.2. The van der Waals surface area contributed by atoms with Crippen molar-refractivity contribution in [3.63, 3.8) is 0 Å². The molecule has 2 aliphatic rings. The van der Waals surface area contributed by atoms with E-state index in [1.807, 2.05) is 0 Å². The van der Waals surface area contributed by atoms with Gasteiger partial charge in [0.05, 0.1) is 13.2 Å². The molecule has 1 amide bonds. The van der Waals surface area contributed by atoms with Crippen molar-refractivity contribution in [2.75, 3.05) is 20.3 Å². The molecule has 8 nitrogen and oxygen atoms in total. The van der Waals surface area contributed by atoms with Crippen LogP contribution in [0.25, 0.3) is 0 Å². The van der Waals surface area contributed by atoms with E-state index in [4.69, 9.17) is 9.47 Å². The van der Waals surface area contributed by atoms with Gasteiger partial charge < -0.3 is 24.4 Å². The van der Waals surface area contributed by atoms with Crippen LogP contribution in [0.15, 0.2) is 47.6 Å². The minimum atomic E-state index is -5.08. The second-order valence-corrected chi connectivity index (χ2v) is 8.81. The van der Waals surface area contributed by atoms with E-state index in [1.54, 1.807) is 26.1 Å². The Balaban J connectivity index is 1.71. The maximum Gasteiger partial charge on any atom is 0.573 e. The fourth-order valence-corrected chi connectivity index (χ4v) is 5.04. The monoisotopic (exact) mass is 527 g/mol. The molecule has 2 atom stereocenters. The van der Waals surface area contributed by atoms with Gasteiger partial charge in [-0.25, -0.2) is 9.18 Å². The van der Waals surface area contributed by atoms with Crippen LogP contribution in [0.2, 0.25) is 0 Å². The van der Waals surface area contributed by atoms with Crippen molar-refractivity contribution in [2.45, 2.75) is 30.6 Å². The molecule has 3 heterocycles. The van der Waals surface area contributed by atoms with E-state index in [0.717, 1.165) is 23.9 Å². The number of fused-ring (bicyclic) bond motifs is 1. The van der Waals surface area contributed by atoms with E-state index in [2.05, 4.69) is 15.0 Å². The molecule has 0 saturated carbocycles. The van der Waals surface area contributed by atoms with Crippen LogP contribution >= 0.6 is 11.8 Å². The minimum absolute atomic E-state index is 0.104. The van der Waals surface area contributed by atoms with Gasteiger partial charge in [-0.2, -0.15) is 0 Å². The van der Waals surface area contributed by atoms with Crippen LogP contribution in [0.1, 0.15) is 24.6 Å². The first-order chi connectivity index (χ1) is 17.1. The SMILES string of the molecule is CCOC(=O)C1SC=C(C(=O)N[C@]2(c3ccc(OC(F)(F)F)c(F)c3)CCOc3cccnc32)N1C. The number of likely N-dealkylation sites (N-methyl/N-ethyl adjacent to an activating group) is 1. The van der Waals surface area contributed by atoms with Gasteiger partial charge >= 0.3 is 12.3 Å². The van der Waals surface area contributed by atoms with Crippen LogP contribution in [0, 0.1) is 5.82 Å². The number of ether oxygens (including phenoxy) is 3. The molecule has 0 radical (unpaired) electrons. The molecule has 2 aliphatic heterocycles. The molecule has 1 N–H and O–H groups in total. The Morgan fingerprint density at radius 1 is 1.33 bits per heavy atom. The third-order valence-corrected chi connectivity index (χ3v) is 6.77. The number of thioether (sulfide) groups is 1. The molecule has 2 aromatic rings. The van der Waals surface area contributed by atoms with Gasteiger partial charge in [0.25, 0.3) is 5.91 Å². The molecule has 0 spiro atoms. The smallest absolute Gasteiger partial charge is 0.491 e. The van der Waals surface area contributed by atoms with Crippen LogP contribution < -0.4 is 14.8 Å². The standard InChI is InChI=1S/C23H21F4N3O5S/c1-3-33-21(32)20-30(2)15(12-36-20)19(31)29-22(8-10-34-17-5-4-9-28-18(17)22)13-6-7-16(14(24)11-13)35-23(25,26)27/h4-7,9,11-12,20H,3,8,10H2,1-2H3,(H,29,31)/t20?,22-/m0/s1. The van der Waals surface area contributed by atoms with Crippen molar-refractivity contribution < 1.29 is 41.4 Å². The fourth-order valence-electron chi connectivity index (χ4n) is 4.04. The molecule has 0 saturated heterocycles. The first kappa shape index (κ1) is 25.6. The van der Waals surface area contributed by atoms with Gasteiger partial charge in [0.1, 0.15) is 22.7 Å². The Hall–Kier alpha value is -3.48. The number of carbonyl (C=O) groups is 2. The van der Waals surface area contributed by atoms with Crippen molar-refractivity contribution in [1.29, 1.82) is 0 Å². The summed E-state index contributed by atoms with van der Waals surface area (Å²) in [7, 11) is 1.55. The van der Waals surface area contributed by atoms with E-state index in [-0.39, 0.29) is 36.6 Å². The number of esters is 1. The number of hydrogen-bond donors (Lipinski definition) is 1. The maximum absolute atomic E-state index is 14.7. The lowest BCUT2D eigenvalue weighted by Gasteiger charge is -2.39. The molecule has 13 heteroatoms. The number of pyridine rings is 1. The second kappa shape index (κ2) is 9.88. The topological polar surface area (TPSA) is 90.0 Å². The average molecular weight is 527 g/mol. The number of halogens is 4. The molecular weight excluding hydrogens is 506 g/mol. The van der Waals surface area contributed by atoms with Crippen molar-refractivity contribution in [3.05, 3.63) is 64.7 Å². The third kappa shape index (κ3) is 4.92. The first-order valence-electron chi connectivity index (χ1n) is 10.8. The number of amides is 1. The molecule has 1 unspecified atom stereocenters. The number of aromatic nitrogens is 1. The van der Waals surface area contributed by atoms with Crippen LogP contribution in [0.3, 0.4) is 0 Å². The highest BCUT2D eigenvalue weighted by Gasteiger charge is 2.45. The number of rotatable bonds is 6. The summed E-state index contributed by atoms with van der Waals surface area (Å²) in [6, 6.07) is 6.18. The van der Waals surface area contributed by atoms with Gasteiger partial charge in [0.15, 0.2) is 16.9 Å². The minimum Gasteiger partial charge on any atom is -0.491 e. The number of alkyl halides is 3. The molecule has 192 valence electrons. The van der Waals surface area contributed by atoms with Gasteiger partial charge in [-0.15, -0.1) is 13.2 Å². The van der Waals surface area contributed by atoms with E-state index in [9.17, 15) is 27.2 Å². The molecule has 0 fully saturated rings. The van der Waals surface area contributed by atoms with Gasteiger partial charge in [0.2, 0.25) is 0 Å². The third-order valence-electron chi connectivity index (χ3n) is 5.65. The lowest BCUT2D eigenvalue weighted by molar-refractivity contribution is -0.275. The summed E-state index contributed by atoms with van der Waals surface area (Å²) in [5, 5.41) is 3.62. The van der Waals surface area contributed by atoms with Gasteiger partial charge in [-0.1, -0.05) is 17.8 Å². The molecule has 36 heavy (non-hydrogen) atoms. The van der Waals surface area contributed by atoms with Gasteiger partial charge in [-0.3, -0.25) is 9.78 Å². The quantitative estimate of drug-likeness (QED) is 0.450. The van der Waals surface area contributed by atoms with E-state index >= 15 is 0 Å². The van der Waals surface area contributed by atoms with Gasteiger partial charge in [0, 0.05) is 25.1 Å². The molecule has 0 bridgehead atoms. The maximum atomic E-state index is 14.7. The predicted octanol–water partition coefficient (Wildman–Crippen LogP) is 3.67. The Morgan fingerprint density at radius 3 is 2.81 bits per heavy atom. The van der Waals surface area contributed by atoms with Crippen molar-refractivity contribution in [1.82, 2.24) is 15.2 Å². The summed E-state index contributed by atoms with van der Waals surface area (Å²) in [4.78, 5) is 31.5. The van der Waals surface area contributed by atoms with Crippen LogP contribution in [-0.2, 0) is 19.9 Å². The lowest BCUT2D eigenvalue weighted by atomic mass is 9.81. The van der Waals surface area contributed by atoms with Gasteiger partial charge in [-0.05, 0) is 36.8 Å². The number of benzene rings is 1. The highest BCUT2D eigenvalue weighted by molar-refractivity contribution is 8.03. The summed E-state index contributed by atoms with van der Waals surface area (Å²) in [6.07, 6.45) is -3.51. The summed E-state index contributed by atoms with van der Waals surface area (Å²) in [6.45, 7) is 1.95. The number of carbonyl (C=O) groups excluding carboxylic acids is 2. The molecule has 4 rings (SSSR count). The summed E-state index contributed by atoms with van der Waals surface area (Å²) >= 11 is 1.09. The van der Waals surface area contributed by atoms with Crippen LogP contribution in [-0.4, -0.2) is 53.8 Å². The summed E-state index contributed by atoms with van der Waals surface area (Å²) < 4.78 is 67.1. The first-order valence-corrected chi connectivity index (χ1v) is 11.7. The largest absolute Gasteiger partial charge is 0.573 e. The highest BCUT2D eigenvalue weighted by Crippen LogP contribution is 2.42. The Morgan fingerprint density at radius 2 is 2.11 bits per heavy atom. The molecule has 1 aromatic heterocycles. The zero-order chi connectivity index (χ0) is 26.1. The Kier molecular flexibility index (Phi) is 7.03. The molecular formula is C23H21F4N3O5S. The van der Waals surface area contributed by atoms with E-state index < -0.39 is 40.7 Å². The van der Waals surface area contributed by atoms with E-state index in [0.29, 0.717) is 5.75 Å². The number of hydrogen-bond acceptors (Lipinski definition) is 8. The fraction of sp³-hybridized carbons (Fsp3) is 0.348. The van der Waals surface area contributed by atoms with Crippen molar-refractivity contribution >= 4 is 23.6 Å². The van der Waals surface area contributed by atoms with Crippen molar-refractivity contribution in [2.24, 2.45) is 0 Å². The van der Waals surface area contributed by atoms with E-state index in [1.165, 1.54) is 22.6 Å². The predicted molar refractivity (Wildman–Crippen MR) is 120 cm³/mol. The van der Waals surface area contributed by atoms with Crippen LogP contribution in [0.4, 0.5) is 17.6 Å². The summed E-state index contributed by atoms with van der Waals surface area (Å²) in [5.74, 6) is -3.07. The zero-order valence-electron chi connectivity index (χ0n) is 19.1. The van der Waals surface area contributed by atoms with Crippen LogP contribution in [0.5, 0.6) is 11.5 Å². The second-order valence-electron chi connectivity index (χ2n) is 7.86. The zero-order valence-corrected chi connectivity index (χ0v) is 19.9. The Labute approximate surface area is 207 Å². The lowest BCUT2D eigenvalue weighted by Crippen LogP contribution is -2.52. The average Bonchev–Trinajstić information content (AvgIpc) is 3.21. The summed E-state index contributed by atoms with van der Waals surface area (Å²) in [5.41, 5.74) is -0.900. The normalized spacial score (nSPS) is 21.2. The number of nitrogens with one attached hydrogen (secondary N) is 1.